The first kappa shape index (κ1) is 21.1. The van der Waals surface area contributed by atoms with Gasteiger partial charge in [0.1, 0.15) is 0 Å². The molecule has 5 nitrogen and oxygen atoms in total. The monoisotopic (exact) mass is 394 g/mol. The molecule has 0 saturated carbocycles. The Labute approximate surface area is 173 Å². The minimum Gasteiger partial charge on any atom is -0.383 e. The van der Waals surface area contributed by atoms with Crippen LogP contribution >= 0.6 is 0 Å². The Morgan fingerprint density at radius 3 is 2.07 bits per heavy atom. The van der Waals surface area contributed by atoms with E-state index in [1.807, 2.05) is 41.3 Å². The summed E-state index contributed by atoms with van der Waals surface area (Å²) >= 11 is 0. The topological polar surface area (TPSA) is 58.6 Å². The summed E-state index contributed by atoms with van der Waals surface area (Å²) in [5, 5.41) is 2.91. The fourth-order valence-electron chi connectivity index (χ4n) is 3.91. The van der Waals surface area contributed by atoms with Crippen molar-refractivity contribution < 1.29 is 14.3 Å². The number of methoxy groups -OCH3 is 1. The molecule has 3 rings (SSSR count). The number of nitrogens with one attached hydrogen (secondary N) is 1. The van der Waals surface area contributed by atoms with Crippen LogP contribution in [0.25, 0.3) is 0 Å². The lowest BCUT2D eigenvalue weighted by atomic mass is 9.87. The van der Waals surface area contributed by atoms with Gasteiger partial charge in [0, 0.05) is 45.0 Å². The molecule has 0 aliphatic carbocycles. The Morgan fingerprint density at radius 2 is 1.55 bits per heavy atom. The number of benzene rings is 2. The summed E-state index contributed by atoms with van der Waals surface area (Å²) in [6.45, 7) is 2.32. The highest BCUT2D eigenvalue weighted by Crippen LogP contribution is 2.29. The average molecular weight is 395 g/mol. The molecule has 1 saturated heterocycles. The number of piperidine rings is 1. The molecular weight excluding hydrogens is 364 g/mol. The molecule has 1 heterocycles. The third kappa shape index (κ3) is 5.91. The first-order valence-corrected chi connectivity index (χ1v) is 10.3. The molecule has 5 heteroatoms. The minimum atomic E-state index is -0.0186. The third-order valence-corrected chi connectivity index (χ3v) is 5.61. The van der Waals surface area contributed by atoms with E-state index in [1.54, 1.807) is 7.11 Å². The van der Waals surface area contributed by atoms with E-state index >= 15 is 0 Å². The first-order chi connectivity index (χ1) is 14.2. The lowest BCUT2D eigenvalue weighted by Crippen LogP contribution is -2.43. The number of nitrogens with zero attached hydrogens (tertiary/aromatic N) is 1. The fraction of sp³-hybridized carbons (Fsp3) is 0.417. The fourth-order valence-corrected chi connectivity index (χ4v) is 3.91. The van der Waals surface area contributed by atoms with Crippen LogP contribution in [0.15, 0.2) is 60.7 Å². The highest BCUT2D eigenvalue weighted by Gasteiger charge is 2.28. The van der Waals surface area contributed by atoms with Crippen LogP contribution in [0.3, 0.4) is 0 Å². The van der Waals surface area contributed by atoms with Gasteiger partial charge in [-0.25, -0.2) is 0 Å². The number of hydrogen-bond acceptors (Lipinski definition) is 3. The van der Waals surface area contributed by atoms with Gasteiger partial charge in [0.05, 0.1) is 6.61 Å². The molecule has 2 aromatic carbocycles. The van der Waals surface area contributed by atoms with Crippen molar-refractivity contribution in [1.82, 2.24) is 10.2 Å². The molecule has 2 amide bonds. The van der Waals surface area contributed by atoms with E-state index in [9.17, 15) is 9.59 Å². The van der Waals surface area contributed by atoms with Crippen LogP contribution in [0.2, 0.25) is 0 Å². The van der Waals surface area contributed by atoms with E-state index in [0.29, 0.717) is 45.5 Å². The maximum absolute atomic E-state index is 13.1. The molecular formula is C24H30N2O3. The summed E-state index contributed by atoms with van der Waals surface area (Å²) in [6.07, 6.45) is 1.87. The molecule has 1 fully saturated rings. The van der Waals surface area contributed by atoms with E-state index in [2.05, 4.69) is 29.6 Å². The lowest BCUT2D eigenvalue weighted by Gasteiger charge is -2.32. The van der Waals surface area contributed by atoms with Crippen LogP contribution in [0.4, 0.5) is 0 Å². The van der Waals surface area contributed by atoms with Crippen LogP contribution in [0, 0.1) is 5.92 Å². The van der Waals surface area contributed by atoms with E-state index in [0.717, 1.165) is 11.1 Å². The predicted molar refractivity (Wildman–Crippen MR) is 114 cm³/mol. The molecule has 1 aliphatic rings. The van der Waals surface area contributed by atoms with Crippen LogP contribution in [0.1, 0.15) is 36.3 Å². The van der Waals surface area contributed by atoms with Gasteiger partial charge in [0.25, 0.3) is 0 Å². The van der Waals surface area contributed by atoms with Gasteiger partial charge >= 0.3 is 0 Å². The number of likely N-dealkylation sites (tertiary alicyclic amines) is 1. The van der Waals surface area contributed by atoms with Crippen LogP contribution in [-0.2, 0) is 14.3 Å². The second kappa shape index (κ2) is 10.8. The third-order valence-electron chi connectivity index (χ3n) is 5.61. The maximum Gasteiger partial charge on any atom is 0.223 e. The van der Waals surface area contributed by atoms with Crippen molar-refractivity contribution in [2.75, 3.05) is 33.4 Å². The van der Waals surface area contributed by atoms with Crippen LogP contribution in [0.5, 0.6) is 0 Å². The van der Waals surface area contributed by atoms with Crippen molar-refractivity contribution in [3.8, 4) is 0 Å². The van der Waals surface area contributed by atoms with Gasteiger partial charge in [-0.2, -0.15) is 0 Å². The quantitative estimate of drug-likeness (QED) is 0.700. The van der Waals surface area contributed by atoms with Gasteiger partial charge in [-0.1, -0.05) is 60.7 Å². The molecule has 0 atom stereocenters. The van der Waals surface area contributed by atoms with Crippen molar-refractivity contribution in [1.29, 1.82) is 0 Å². The van der Waals surface area contributed by atoms with Gasteiger partial charge in [-0.3, -0.25) is 9.59 Å². The maximum atomic E-state index is 13.1. The predicted octanol–water partition coefficient (Wildman–Crippen LogP) is 3.21. The molecule has 1 N–H and O–H groups in total. The second-order valence-electron chi connectivity index (χ2n) is 7.52. The van der Waals surface area contributed by atoms with Gasteiger partial charge in [0.2, 0.25) is 11.8 Å². The minimum absolute atomic E-state index is 0.0186. The van der Waals surface area contributed by atoms with Gasteiger partial charge < -0.3 is 15.0 Å². The summed E-state index contributed by atoms with van der Waals surface area (Å²) < 4.78 is 4.97. The van der Waals surface area contributed by atoms with Crippen molar-refractivity contribution in [3.05, 3.63) is 71.8 Å². The average Bonchev–Trinajstić information content (AvgIpc) is 2.78. The van der Waals surface area contributed by atoms with E-state index in [-0.39, 0.29) is 23.7 Å². The number of amides is 2. The second-order valence-corrected chi connectivity index (χ2v) is 7.52. The smallest absolute Gasteiger partial charge is 0.223 e. The Bertz CT molecular complexity index is 732. The molecule has 0 aromatic heterocycles. The molecule has 0 bridgehead atoms. The van der Waals surface area contributed by atoms with Crippen molar-refractivity contribution in [2.45, 2.75) is 25.2 Å². The first-order valence-electron chi connectivity index (χ1n) is 10.3. The standard InChI is InChI=1S/C24H30N2O3/c1-29-17-14-25-24(28)21-12-15-26(16-13-21)23(27)18-22(19-8-4-2-5-9-19)20-10-6-3-7-11-20/h2-11,21-22H,12-18H2,1H3,(H,25,28). The Kier molecular flexibility index (Phi) is 7.82. The summed E-state index contributed by atoms with van der Waals surface area (Å²) in [7, 11) is 1.62. The highest BCUT2D eigenvalue weighted by atomic mass is 16.5. The van der Waals surface area contributed by atoms with E-state index < -0.39 is 0 Å². The summed E-state index contributed by atoms with van der Waals surface area (Å²) in [6, 6.07) is 20.4. The van der Waals surface area contributed by atoms with Crippen molar-refractivity contribution in [2.24, 2.45) is 5.92 Å². The van der Waals surface area contributed by atoms with Crippen molar-refractivity contribution >= 4 is 11.8 Å². The van der Waals surface area contributed by atoms with Gasteiger partial charge in [-0.15, -0.1) is 0 Å². The highest BCUT2D eigenvalue weighted by molar-refractivity contribution is 5.80. The van der Waals surface area contributed by atoms with Gasteiger partial charge in [-0.05, 0) is 24.0 Å². The number of hydrogen-bond donors (Lipinski definition) is 1. The molecule has 0 unspecified atom stereocenters. The van der Waals surface area contributed by atoms with E-state index in [4.69, 9.17) is 4.74 Å². The normalized spacial score (nSPS) is 14.8. The number of ether oxygens (including phenoxy) is 1. The zero-order valence-electron chi connectivity index (χ0n) is 17.0. The Morgan fingerprint density at radius 1 is 1.00 bits per heavy atom. The molecule has 0 radical (unpaired) electrons. The molecule has 29 heavy (non-hydrogen) atoms. The molecule has 2 aromatic rings. The number of carbonyl (C=O) groups is 2. The Hall–Kier alpha value is -2.66. The zero-order valence-corrected chi connectivity index (χ0v) is 17.0. The van der Waals surface area contributed by atoms with Crippen LogP contribution < -0.4 is 5.32 Å². The SMILES string of the molecule is COCCNC(=O)C1CCN(C(=O)CC(c2ccccc2)c2ccccc2)CC1. The van der Waals surface area contributed by atoms with E-state index in [1.165, 1.54) is 0 Å². The summed E-state index contributed by atoms with van der Waals surface area (Å²) in [5.74, 6) is 0.247. The zero-order chi connectivity index (χ0) is 20.5. The van der Waals surface area contributed by atoms with Gasteiger partial charge in [0.15, 0.2) is 0 Å². The summed E-state index contributed by atoms with van der Waals surface area (Å²) in [4.78, 5) is 27.2. The molecule has 0 spiro atoms. The Balaban J connectivity index is 1.59. The molecule has 1 aliphatic heterocycles. The summed E-state index contributed by atoms with van der Waals surface area (Å²) in [5.41, 5.74) is 2.30. The number of carbonyl (C=O) groups excluding carboxylic acids is 2. The number of rotatable bonds is 8. The molecule has 154 valence electrons. The largest absolute Gasteiger partial charge is 0.383 e. The lowest BCUT2D eigenvalue weighted by molar-refractivity contribution is -0.135. The van der Waals surface area contributed by atoms with Crippen molar-refractivity contribution in [3.63, 3.8) is 0 Å². The van der Waals surface area contributed by atoms with Crippen LogP contribution in [-0.4, -0.2) is 50.1 Å².